The Morgan fingerprint density at radius 3 is 3.25 bits per heavy atom. The number of para-hydroxylation sites is 1. The van der Waals surface area contributed by atoms with Crippen LogP contribution in [0.3, 0.4) is 0 Å². The molecule has 60 valence electrons. The van der Waals surface area contributed by atoms with Crippen LogP contribution >= 0.6 is 0 Å². The summed E-state index contributed by atoms with van der Waals surface area (Å²) < 4.78 is 5.36. The van der Waals surface area contributed by atoms with Crippen LogP contribution in [0.25, 0.3) is 0 Å². The van der Waals surface area contributed by atoms with E-state index in [-0.39, 0.29) is 0 Å². The topological polar surface area (TPSA) is 45.0 Å². The molecule has 1 aromatic rings. The number of fused-ring (bicyclic) bond motifs is 1. The van der Waals surface area contributed by atoms with Crippen LogP contribution < -0.4 is 10.1 Å². The zero-order valence-corrected chi connectivity index (χ0v) is 6.50. The molecule has 0 saturated carbocycles. The van der Waals surface area contributed by atoms with E-state index in [1.54, 1.807) is 6.07 Å². The summed E-state index contributed by atoms with van der Waals surface area (Å²) in [5.74, 6) is 0.686. The highest BCUT2D eigenvalue weighted by Crippen LogP contribution is 2.30. The summed E-state index contributed by atoms with van der Waals surface area (Å²) in [6.07, 6.45) is 0. The van der Waals surface area contributed by atoms with Crippen molar-refractivity contribution < 1.29 is 4.74 Å². The van der Waals surface area contributed by atoms with Crippen molar-refractivity contribution in [2.24, 2.45) is 0 Å². The molecular formula is C9H8N2O. The second-order valence-electron chi connectivity index (χ2n) is 2.57. The van der Waals surface area contributed by atoms with E-state index in [0.29, 0.717) is 17.9 Å². The number of rotatable bonds is 0. The van der Waals surface area contributed by atoms with Crippen molar-refractivity contribution in [3.8, 4) is 11.8 Å². The predicted molar refractivity (Wildman–Crippen MR) is 45.1 cm³/mol. The molecule has 0 atom stereocenters. The smallest absolute Gasteiger partial charge is 0.160 e. The zero-order valence-electron chi connectivity index (χ0n) is 6.50. The highest BCUT2D eigenvalue weighted by atomic mass is 16.5. The standard InChI is InChI=1S/C9H8N2O/c10-6-7-2-1-3-8-9(7)12-5-4-11-8/h1-3,11H,4-5H2. The van der Waals surface area contributed by atoms with Crippen molar-refractivity contribution in [2.45, 2.75) is 0 Å². The lowest BCUT2D eigenvalue weighted by Crippen LogP contribution is -2.18. The van der Waals surface area contributed by atoms with Crippen molar-refractivity contribution >= 4 is 5.69 Å². The Morgan fingerprint density at radius 1 is 1.50 bits per heavy atom. The van der Waals surface area contributed by atoms with Crippen LogP contribution in [0.2, 0.25) is 0 Å². The van der Waals surface area contributed by atoms with Gasteiger partial charge in [-0.2, -0.15) is 5.26 Å². The predicted octanol–water partition coefficient (Wildman–Crippen LogP) is 1.36. The normalized spacial score (nSPS) is 13.6. The molecule has 0 spiro atoms. The summed E-state index contributed by atoms with van der Waals surface area (Å²) in [5.41, 5.74) is 1.51. The quantitative estimate of drug-likeness (QED) is 0.623. The van der Waals surface area contributed by atoms with Crippen LogP contribution in [0.5, 0.6) is 5.75 Å². The number of hydrogen-bond acceptors (Lipinski definition) is 3. The van der Waals surface area contributed by atoms with Crippen molar-refractivity contribution in [1.29, 1.82) is 5.26 Å². The van der Waals surface area contributed by atoms with Gasteiger partial charge in [0.25, 0.3) is 0 Å². The molecule has 3 heteroatoms. The van der Waals surface area contributed by atoms with Gasteiger partial charge < -0.3 is 10.1 Å². The molecule has 3 nitrogen and oxygen atoms in total. The van der Waals surface area contributed by atoms with E-state index in [1.165, 1.54) is 0 Å². The maximum Gasteiger partial charge on any atom is 0.160 e. The molecule has 2 rings (SSSR count). The summed E-state index contributed by atoms with van der Waals surface area (Å²) in [6, 6.07) is 7.60. The van der Waals surface area contributed by atoms with Gasteiger partial charge in [-0.3, -0.25) is 0 Å². The Balaban J connectivity index is 2.53. The third-order valence-corrected chi connectivity index (χ3v) is 1.80. The molecule has 1 aromatic carbocycles. The molecule has 0 bridgehead atoms. The lowest BCUT2D eigenvalue weighted by Gasteiger charge is -2.19. The number of benzene rings is 1. The Hall–Kier alpha value is -1.69. The maximum atomic E-state index is 8.74. The van der Waals surface area contributed by atoms with Gasteiger partial charge in [0.15, 0.2) is 5.75 Å². The molecule has 0 amide bonds. The van der Waals surface area contributed by atoms with E-state index in [9.17, 15) is 0 Å². The second-order valence-corrected chi connectivity index (χ2v) is 2.57. The van der Waals surface area contributed by atoms with E-state index >= 15 is 0 Å². The third kappa shape index (κ3) is 0.978. The molecule has 0 saturated heterocycles. The summed E-state index contributed by atoms with van der Waals surface area (Å²) in [7, 11) is 0. The summed E-state index contributed by atoms with van der Waals surface area (Å²) in [4.78, 5) is 0. The fraction of sp³-hybridized carbons (Fsp3) is 0.222. The molecule has 0 unspecified atom stereocenters. The lowest BCUT2D eigenvalue weighted by atomic mass is 10.1. The van der Waals surface area contributed by atoms with Gasteiger partial charge in [-0.15, -0.1) is 0 Å². The van der Waals surface area contributed by atoms with Gasteiger partial charge in [0, 0.05) is 6.54 Å². The molecule has 0 aliphatic carbocycles. The minimum absolute atomic E-state index is 0.597. The van der Waals surface area contributed by atoms with Gasteiger partial charge in [-0.25, -0.2) is 0 Å². The maximum absolute atomic E-state index is 8.74. The van der Waals surface area contributed by atoms with Crippen molar-refractivity contribution in [3.05, 3.63) is 23.8 Å². The Kier molecular flexibility index (Phi) is 1.60. The van der Waals surface area contributed by atoms with E-state index in [0.717, 1.165) is 12.2 Å². The van der Waals surface area contributed by atoms with Gasteiger partial charge in [0.1, 0.15) is 12.7 Å². The van der Waals surface area contributed by atoms with E-state index < -0.39 is 0 Å². The molecule has 1 aliphatic rings. The molecule has 0 aromatic heterocycles. The van der Waals surface area contributed by atoms with Crippen LogP contribution in [-0.4, -0.2) is 13.2 Å². The number of ether oxygens (including phenoxy) is 1. The second kappa shape index (κ2) is 2.74. The van der Waals surface area contributed by atoms with Gasteiger partial charge >= 0.3 is 0 Å². The minimum atomic E-state index is 0.597. The van der Waals surface area contributed by atoms with Crippen LogP contribution in [0.1, 0.15) is 5.56 Å². The van der Waals surface area contributed by atoms with E-state index in [4.69, 9.17) is 10.00 Å². The third-order valence-electron chi connectivity index (χ3n) is 1.80. The van der Waals surface area contributed by atoms with E-state index in [2.05, 4.69) is 11.4 Å². The van der Waals surface area contributed by atoms with Crippen molar-refractivity contribution in [1.82, 2.24) is 0 Å². The zero-order chi connectivity index (χ0) is 8.39. The highest BCUT2D eigenvalue weighted by molar-refractivity contribution is 5.64. The SMILES string of the molecule is N#Cc1cccc2c1OCCN2. The molecular weight excluding hydrogens is 152 g/mol. The van der Waals surface area contributed by atoms with Gasteiger partial charge in [0.2, 0.25) is 0 Å². The first-order chi connectivity index (χ1) is 5.92. The molecule has 1 aliphatic heterocycles. The van der Waals surface area contributed by atoms with Crippen molar-refractivity contribution in [3.63, 3.8) is 0 Å². The molecule has 0 fully saturated rings. The monoisotopic (exact) mass is 160 g/mol. The Bertz CT molecular complexity index is 341. The number of nitrogens with one attached hydrogen (secondary N) is 1. The van der Waals surface area contributed by atoms with Crippen molar-refractivity contribution in [2.75, 3.05) is 18.5 Å². The molecule has 0 radical (unpaired) electrons. The van der Waals surface area contributed by atoms with Crippen LogP contribution in [-0.2, 0) is 0 Å². The average molecular weight is 160 g/mol. The number of hydrogen-bond donors (Lipinski definition) is 1. The summed E-state index contributed by atoms with van der Waals surface area (Å²) >= 11 is 0. The lowest BCUT2D eigenvalue weighted by molar-refractivity contribution is 0.322. The fourth-order valence-electron chi connectivity index (χ4n) is 1.26. The first-order valence-corrected chi connectivity index (χ1v) is 3.81. The summed E-state index contributed by atoms with van der Waals surface area (Å²) in [6.45, 7) is 1.44. The summed E-state index contributed by atoms with van der Waals surface area (Å²) in [5, 5.41) is 11.9. The Labute approximate surface area is 70.6 Å². The van der Waals surface area contributed by atoms with Gasteiger partial charge in [0.05, 0.1) is 11.3 Å². The fourth-order valence-corrected chi connectivity index (χ4v) is 1.26. The molecule has 1 heterocycles. The molecule has 12 heavy (non-hydrogen) atoms. The van der Waals surface area contributed by atoms with Gasteiger partial charge in [-0.1, -0.05) is 6.07 Å². The van der Waals surface area contributed by atoms with Crippen LogP contribution in [0.4, 0.5) is 5.69 Å². The minimum Gasteiger partial charge on any atom is -0.488 e. The van der Waals surface area contributed by atoms with Gasteiger partial charge in [-0.05, 0) is 12.1 Å². The number of nitriles is 1. The highest BCUT2D eigenvalue weighted by Gasteiger charge is 2.12. The molecule has 1 N–H and O–H groups in total. The number of anilines is 1. The first-order valence-electron chi connectivity index (χ1n) is 3.81. The largest absolute Gasteiger partial charge is 0.488 e. The first kappa shape index (κ1) is 6.99. The van der Waals surface area contributed by atoms with E-state index in [1.807, 2.05) is 12.1 Å². The number of nitrogens with zero attached hydrogens (tertiary/aromatic N) is 1. The van der Waals surface area contributed by atoms with Crippen LogP contribution in [0, 0.1) is 11.3 Å². The average Bonchev–Trinajstić information content (AvgIpc) is 2.17. The Morgan fingerprint density at radius 2 is 2.42 bits per heavy atom. The van der Waals surface area contributed by atoms with Crippen LogP contribution in [0.15, 0.2) is 18.2 Å².